The number of rotatable bonds is 4. The molecule has 0 saturated heterocycles. The molecule has 0 unspecified atom stereocenters. The monoisotopic (exact) mass is 284 g/mol. The number of aromatic carboxylic acids is 1. The molecule has 0 fully saturated rings. The molecule has 0 radical (unpaired) electrons. The summed E-state index contributed by atoms with van der Waals surface area (Å²) in [4.78, 5) is 14.8. The van der Waals surface area contributed by atoms with Gasteiger partial charge in [-0.3, -0.25) is 0 Å². The predicted octanol–water partition coefficient (Wildman–Crippen LogP) is 2.76. The van der Waals surface area contributed by atoms with Gasteiger partial charge in [-0.25, -0.2) is 9.78 Å². The molecule has 0 bridgehead atoms. The molecule has 6 nitrogen and oxygen atoms in total. The van der Waals surface area contributed by atoms with Crippen LogP contribution >= 0.6 is 0 Å². The zero-order valence-electron chi connectivity index (χ0n) is 11.5. The van der Waals surface area contributed by atoms with Gasteiger partial charge in [0, 0.05) is 17.8 Å². The second-order valence-electron chi connectivity index (χ2n) is 4.26. The highest BCUT2D eigenvalue weighted by molar-refractivity contribution is 5.87. The van der Waals surface area contributed by atoms with Crippen LogP contribution in [0.5, 0.6) is 17.4 Å². The summed E-state index contributed by atoms with van der Waals surface area (Å²) in [6, 6.07) is 8.23. The van der Waals surface area contributed by atoms with Crippen molar-refractivity contribution in [3.63, 3.8) is 0 Å². The summed E-state index contributed by atoms with van der Waals surface area (Å²) in [5.41, 5.74) is 1.06. The van der Waals surface area contributed by atoms with Crippen LogP contribution in [0.2, 0.25) is 0 Å². The Morgan fingerprint density at radius 3 is 2.57 bits per heavy atom. The molecule has 2 aromatic rings. The summed E-state index contributed by atoms with van der Waals surface area (Å²) in [6.45, 7) is 1.69. The highest BCUT2D eigenvalue weighted by atomic mass is 16.5. The van der Waals surface area contributed by atoms with Gasteiger partial charge in [-0.1, -0.05) is 0 Å². The maximum atomic E-state index is 10.9. The Balaban J connectivity index is 2.34. The average Bonchev–Trinajstić information content (AvgIpc) is 2.48. The third kappa shape index (κ3) is 3.28. The molecule has 0 aliphatic carbocycles. The van der Waals surface area contributed by atoms with Crippen LogP contribution in [-0.2, 0) is 0 Å². The first-order valence-corrected chi connectivity index (χ1v) is 6.00. The van der Waals surface area contributed by atoms with Crippen LogP contribution in [0.25, 0.3) is 0 Å². The Kier molecular flexibility index (Phi) is 4.05. The van der Waals surface area contributed by atoms with E-state index in [4.69, 9.17) is 19.8 Å². The smallest absolute Gasteiger partial charge is 0.337 e. The minimum atomic E-state index is -1.05. The molecule has 1 N–H and O–H groups in total. The zero-order chi connectivity index (χ0) is 15.4. The van der Waals surface area contributed by atoms with Crippen LogP contribution in [-0.4, -0.2) is 23.2 Å². The van der Waals surface area contributed by atoms with Crippen LogP contribution in [0.3, 0.4) is 0 Å². The Morgan fingerprint density at radius 2 is 2.00 bits per heavy atom. The molecule has 0 atom stereocenters. The molecule has 106 valence electrons. The molecule has 0 amide bonds. The van der Waals surface area contributed by atoms with E-state index in [9.17, 15) is 4.79 Å². The van der Waals surface area contributed by atoms with E-state index in [0.717, 1.165) is 0 Å². The van der Waals surface area contributed by atoms with E-state index in [-0.39, 0.29) is 11.4 Å². The van der Waals surface area contributed by atoms with Gasteiger partial charge in [-0.2, -0.15) is 5.26 Å². The molecule has 21 heavy (non-hydrogen) atoms. The molecule has 1 aromatic heterocycles. The minimum Gasteiger partial charge on any atom is -0.497 e. The van der Waals surface area contributed by atoms with Gasteiger partial charge in [0.2, 0.25) is 5.88 Å². The van der Waals surface area contributed by atoms with Gasteiger partial charge in [0.05, 0.1) is 24.3 Å². The van der Waals surface area contributed by atoms with E-state index in [1.807, 2.05) is 6.07 Å². The number of aryl methyl sites for hydroxylation is 1. The van der Waals surface area contributed by atoms with E-state index in [1.54, 1.807) is 25.1 Å². The molecular formula is C15H12N2O4. The third-order valence-electron chi connectivity index (χ3n) is 2.74. The number of carbonyl (C=O) groups is 1. The Hall–Kier alpha value is -3.07. The number of benzene rings is 1. The summed E-state index contributed by atoms with van der Waals surface area (Å²) in [6.07, 6.45) is 1.22. The zero-order valence-corrected chi connectivity index (χ0v) is 11.5. The quantitative estimate of drug-likeness (QED) is 0.928. The lowest BCUT2D eigenvalue weighted by molar-refractivity contribution is 0.0696. The number of hydrogen-bond donors (Lipinski definition) is 1. The van der Waals surface area contributed by atoms with E-state index in [0.29, 0.717) is 22.6 Å². The van der Waals surface area contributed by atoms with Gasteiger partial charge in [0.1, 0.15) is 11.5 Å². The number of hydrogen-bond acceptors (Lipinski definition) is 5. The number of nitrogens with zero attached hydrogens (tertiary/aromatic N) is 2. The van der Waals surface area contributed by atoms with E-state index < -0.39 is 5.97 Å². The second kappa shape index (κ2) is 5.92. The summed E-state index contributed by atoms with van der Waals surface area (Å²) in [5, 5.41) is 17.9. The Morgan fingerprint density at radius 1 is 1.29 bits per heavy atom. The molecule has 1 aromatic carbocycles. The van der Waals surface area contributed by atoms with Gasteiger partial charge in [0.15, 0.2) is 0 Å². The molecule has 0 aliphatic rings. The molecular weight excluding hydrogens is 272 g/mol. The summed E-state index contributed by atoms with van der Waals surface area (Å²) < 4.78 is 10.7. The average molecular weight is 284 g/mol. The van der Waals surface area contributed by atoms with Crippen molar-refractivity contribution in [2.45, 2.75) is 6.92 Å². The van der Waals surface area contributed by atoms with Crippen LogP contribution in [0.15, 0.2) is 30.5 Å². The van der Waals surface area contributed by atoms with Gasteiger partial charge in [-0.15, -0.1) is 0 Å². The molecule has 0 spiro atoms. The van der Waals surface area contributed by atoms with Crippen molar-refractivity contribution in [2.24, 2.45) is 0 Å². The summed E-state index contributed by atoms with van der Waals surface area (Å²) in [5.74, 6) is 0.107. The number of ether oxygens (including phenoxy) is 2. The van der Waals surface area contributed by atoms with E-state index in [1.165, 1.54) is 19.4 Å². The highest BCUT2D eigenvalue weighted by Crippen LogP contribution is 2.28. The fourth-order valence-electron chi connectivity index (χ4n) is 1.71. The van der Waals surface area contributed by atoms with Crippen molar-refractivity contribution in [1.29, 1.82) is 5.26 Å². The minimum absolute atomic E-state index is 0.0863. The molecule has 0 aliphatic heterocycles. The number of pyridine rings is 1. The third-order valence-corrected chi connectivity index (χ3v) is 2.74. The largest absolute Gasteiger partial charge is 0.497 e. The number of carboxylic acid groups (broad SMARTS) is 1. The number of methoxy groups -OCH3 is 1. The summed E-state index contributed by atoms with van der Waals surface area (Å²) >= 11 is 0. The fourth-order valence-corrected chi connectivity index (χ4v) is 1.71. The second-order valence-corrected chi connectivity index (χ2v) is 4.26. The lowest BCUT2D eigenvalue weighted by Crippen LogP contribution is -2.00. The Labute approximate surface area is 121 Å². The highest BCUT2D eigenvalue weighted by Gasteiger charge is 2.10. The maximum absolute atomic E-state index is 10.9. The first kappa shape index (κ1) is 14.3. The first-order chi connectivity index (χ1) is 10.0. The van der Waals surface area contributed by atoms with Gasteiger partial charge < -0.3 is 14.6 Å². The molecule has 1 heterocycles. The van der Waals surface area contributed by atoms with Crippen molar-refractivity contribution in [2.75, 3.05) is 7.11 Å². The van der Waals surface area contributed by atoms with E-state index in [2.05, 4.69) is 4.98 Å². The van der Waals surface area contributed by atoms with Crippen LogP contribution in [0, 0.1) is 18.3 Å². The molecule has 2 rings (SSSR count). The van der Waals surface area contributed by atoms with E-state index >= 15 is 0 Å². The molecule has 0 saturated carbocycles. The predicted molar refractivity (Wildman–Crippen MR) is 73.7 cm³/mol. The van der Waals surface area contributed by atoms with Crippen LogP contribution in [0.4, 0.5) is 0 Å². The lowest BCUT2D eigenvalue weighted by atomic mass is 10.2. The normalized spacial score (nSPS) is 9.76. The first-order valence-electron chi connectivity index (χ1n) is 6.00. The topological polar surface area (TPSA) is 92.4 Å². The van der Waals surface area contributed by atoms with Crippen molar-refractivity contribution in [1.82, 2.24) is 4.98 Å². The summed E-state index contributed by atoms with van der Waals surface area (Å²) in [7, 11) is 1.49. The maximum Gasteiger partial charge on any atom is 0.337 e. The van der Waals surface area contributed by atoms with Crippen molar-refractivity contribution in [3.05, 3.63) is 47.2 Å². The SMILES string of the molecule is COc1cc(C#N)cc(Oc2ncc(C(=O)O)cc2C)c1. The van der Waals surface area contributed by atoms with Gasteiger partial charge in [0.25, 0.3) is 0 Å². The fraction of sp³-hybridized carbons (Fsp3) is 0.133. The number of nitriles is 1. The Bertz CT molecular complexity index is 735. The van der Waals surface area contributed by atoms with Crippen molar-refractivity contribution < 1.29 is 19.4 Å². The van der Waals surface area contributed by atoms with Crippen molar-refractivity contribution in [3.8, 4) is 23.4 Å². The standard InChI is InChI=1S/C15H12N2O4/c1-9-3-11(15(18)19)8-17-14(9)21-13-5-10(7-16)4-12(6-13)20-2/h3-6,8H,1-2H3,(H,18,19). The lowest BCUT2D eigenvalue weighted by Gasteiger charge is -2.09. The van der Waals surface area contributed by atoms with Crippen molar-refractivity contribution >= 4 is 5.97 Å². The van der Waals surface area contributed by atoms with Crippen LogP contribution in [0.1, 0.15) is 21.5 Å². The van der Waals surface area contributed by atoms with Gasteiger partial charge in [-0.05, 0) is 25.1 Å². The number of carboxylic acids is 1. The van der Waals surface area contributed by atoms with Gasteiger partial charge >= 0.3 is 5.97 Å². The molecule has 6 heteroatoms. The number of aromatic nitrogens is 1. The van der Waals surface area contributed by atoms with Crippen LogP contribution < -0.4 is 9.47 Å².